The van der Waals surface area contributed by atoms with E-state index in [2.05, 4.69) is 46.2 Å². The average molecular weight is 570 g/mol. The van der Waals surface area contributed by atoms with Crippen molar-refractivity contribution in [3.63, 3.8) is 0 Å². The van der Waals surface area contributed by atoms with Crippen molar-refractivity contribution in [3.05, 3.63) is 88.7 Å². The molecular weight excluding hydrogens is 534 g/mol. The minimum absolute atomic E-state index is 0.179. The Bertz CT molecular complexity index is 1610. The van der Waals surface area contributed by atoms with Crippen LogP contribution in [0.25, 0.3) is 16.6 Å². The summed E-state index contributed by atoms with van der Waals surface area (Å²) in [7, 11) is 0. The molecule has 4 N–H and O–H groups in total. The summed E-state index contributed by atoms with van der Waals surface area (Å²) in [5, 5.41) is 5.28. The number of nitrogens with one attached hydrogen (secondary N) is 2. The van der Waals surface area contributed by atoms with Gasteiger partial charge in [-0.25, -0.2) is 4.98 Å². The number of anilines is 1. The molecule has 4 aromatic rings. The summed E-state index contributed by atoms with van der Waals surface area (Å²) < 4.78 is 6.44. The van der Waals surface area contributed by atoms with Crippen LogP contribution in [0.4, 0.5) is 5.69 Å². The number of aromatic amines is 1. The molecule has 212 valence electrons. The molecule has 0 bridgehead atoms. The number of rotatable bonds is 7. The van der Waals surface area contributed by atoms with Crippen molar-refractivity contribution in [3.8, 4) is 11.5 Å². The molecule has 41 heavy (non-hydrogen) atoms. The molecule has 1 amide bonds. The Morgan fingerprint density at radius 1 is 1.20 bits per heavy atom. The Balaban J connectivity index is 1.37. The van der Waals surface area contributed by atoms with Gasteiger partial charge in [0.1, 0.15) is 11.4 Å². The van der Waals surface area contributed by atoms with Gasteiger partial charge in [-0.2, -0.15) is 0 Å². The van der Waals surface area contributed by atoms with Crippen molar-refractivity contribution >= 4 is 39.8 Å². The van der Waals surface area contributed by atoms with Crippen LogP contribution in [-0.2, 0) is 0 Å². The maximum Gasteiger partial charge on any atom is 0.252 e. The van der Waals surface area contributed by atoms with E-state index >= 15 is 0 Å². The molecule has 0 radical (unpaired) electrons. The van der Waals surface area contributed by atoms with Gasteiger partial charge in [-0.05, 0) is 78.6 Å². The molecule has 0 saturated carbocycles. The number of para-hydroxylation sites is 1. The Kier molecular flexibility index (Phi) is 7.49. The topological polar surface area (TPSA) is 96.3 Å². The zero-order valence-electron chi connectivity index (χ0n) is 23.5. The number of nitrogens with two attached hydrogens (primary N) is 1. The molecular formula is C33H36ClN5O2. The van der Waals surface area contributed by atoms with Crippen molar-refractivity contribution < 1.29 is 9.53 Å². The van der Waals surface area contributed by atoms with Gasteiger partial charge in [0.25, 0.3) is 5.91 Å². The van der Waals surface area contributed by atoms with E-state index in [-0.39, 0.29) is 11.5 Å². The SMILES string of the molecule is CC1(C)CCC(CC2CNCCN2c2cccc(C(N)=O)c2Oc2cnc3[nH]ccc3c2)=C(c2ccc(Cl)cc2)C1. The number of nitrogens with zero attached hydrogens (tertiary/aromatic N) is 2. The number of pyridine rings is 1. The third-order valence-electron chi connectivity index (χ3n) is 8.37. The first kappa shape index (κ1) is 27.4. The van der Waals surface area contributed by atoms with Gasteiger partial charge in [-0.15, -0.1) is 0 Å². The number of halogens is 1. The van der Waals surface area contributed by atoms with Gasteiger partial charge in [0, 0.05) is 42.3 Å². The van der Waals surface area contributed by atoms with E-state index in [0.717, 1.165) is 67.1 Å². The van der Waals surface area contributed by atoms with E-state index < -0.39 is 5.91 Å². The largest absolute Gasteiger partial charge is 0.453 e. The summed E-state index contributed by atoms with van der Waals surface area (Å²) in [5.41, 5.74) is 12.3. The fraction of sp³-hybridized carbons (Fsp3) is 0.333. The fourth-order valence-electron chi connectivity index (χ4n) is 6.21. The Labute approximate surface area is 245 Å². The molecule has 0 spiro atoms. The van der Waals surface area contributed by atoms with Gasteiger partial charge in [-0.1, -0.05) is 49.2 Å². The van der Waals surface area contributed by atoms with Crippen LogP contribution >= 0.6 is 11.6 Å². The van der Waals surface area contributed by atoms with Gasteiger partial charge < -0.3 is 25.7 Å². The van der Waals surface area contributed by atoms with Crippen LogP contribution in [-0.4, -0.2) is 41.6 Å². The van der Waals surface area contributed by atoms with Gasteiger partial charge >= 0.3 is 0 Å². The smallest absolute Gasteiger partial charge is 0.252 e. The third kappa shape index (κ3) is 5.83. The normalized spacial score (nSPS) is 19.0. The zero-order valence-corrected chi connectivity index (χ0v) is 24.3. The van der Waals surface area contributed by atoms with Crippen LogP contribution in [0.3, 0.4) is 0 Å². The van der Waals surface area contributed by atoms with E-state index in [1.165, 1.54) is 16.7 Å². The summed E-state index contributed by atoms with van der Waals surface area (Å²) in [6.45, 7) is 7.16. The first-order chi connectivity index (χ1) is 19.8. The Morgan fingerprint density at radius 3 is 2.83 bits per heavy atom. The standard InChI is InChI=1S/C33H36ClN5O2/c1-33(2)12-10-22(28(18-33)21-6-8-24(34)9-7-21)16-25-19-36-14-15-39(25)29-5-3-4-27(31(35)40)30(29)41-26-17-23-11-13-37-32(23)38-20-26/h3-9,11,13,17,20,25,36H,10,12,14-16,18-19H2,1-2H3,(H2,35,40)(H,37,38). The van der Waals surface area contributed by atoms with Crippen LogP contribution in [0.15, 0.2) is 72.6 Å². The molecule has 1 aliphatic heterocycles. The maximum atomic E-state index is 12.6. The minimum Gasteiger partial charge on any atom is -0.453 e. The van der Waals surface area contributed by atoms with Crippen molar-refractivity contribution in [2.24, 2.45) is 11.1 Å². The van der Waals surface area contributed by atoms with Crippen molar-refractivity contribution in [2.75, 3.05) is 24.5 Å². The number of carbonyl (C=O) groups excluding carboxylic acids is 1. The highest BCUT2D eigenvalue weighted by atomic mass is 35.5. The lowest BCUT2D eigenvalue weighted by Gasteiger charge is -2.41. The van der Waals surface area contributed by atoms with Gasteiger partial charge in [-0.3, -0.25) is 4.79 Å². The highest BCUT2D eigenvalue weighted by Gasteiger charge is 2.32. The first-order valence-corrected chi connectivity index (χ1v) is 14.6. The van der Waals surface area contributed by atoms with Crippen molar-refractivity contribution in [2.45, 2.75) is 45.6 Å². The van der Waals surface area contributed by atoms with Crippen LogP contribution < -0.4 is 20.7 Å². The van der Waals surface area contributed by atoms with Crippen molar-refractivity contribution in [1.29, 1.82) is 0 Å². The molecule has 2 aliphatic rings. The molecule has 6 rings (SSSR count). The number of hydrogen-bond donors (Lipinski definition) is 3. The third-order valence-corrected chi connectivity index (χ3v) is 8.63. The average Bonchev–Trinajstić information content (AvgIpc) is 3.43. The van der Waals surface area contributed by atoms with Crippen molar-refractivity contribution in [1.82, 2.24) is 15.3 Å². The number of primary amides is 1. The summed E-state index contributed by atoms with van der Waals surface area (Å²) >= 11 is 6.23. The molecule has 1 atom stereocenters. The highest BCUT2D eigenvalue weighted by Crippen LogP contribution is 2.45. The van der Waals surface area contributed by atoms with E-state index in [4.69, 9.17) is 22.1 Å². The fourth-order valence-corrected chi connectivity index (χ4v) is 6.33. The lowest BCUT2D eigenvalue weighted by molar-refractivity contribution is 0.0998. The second kappa shape index (κ2) is 11.2. The first-order valence-electron chi connectivity index (χ1n) is 14.3. The molecule has 3 heterocycles. The molecule has 2 aromatic carbocycles. The molecule has 7 nitrogen and oxygen atoms in total. The molecule has 8 heteroatoms. The molecule has 1 aliphatic carbocycles. The number of benzene rings is 2. The lowest BCUT2D eigenvalue weighted by atomic mass is 9.71. The number of allylic oxidation sites excluding steroid dienone is 1. The van der Waals surface area contributed by atoms with E-state index in [1.54, 1.807) is 12.3 Å². The predicted octanol–water partition coefficient (Wildman–Crippen LogP) is 6.94. The number of aromatic nitrogens is 2. The second-order valence-electron chi connectivity index (χ2n) is 11.9. The molecule has 1 fully saturated rings. The minimum atomic E-state index is -0.522. The summed E-state index contributed by atoms with van der Waals surface area (Å²) in [6.07, 6.45) is 7.67. The summed E-state index contributed by atoms with van der Waals surface area (Å²) in [4.78, 5) is 22.5. The van der Waals surface area contributed by atoms with Gasteiger partial charge in [0.05, 0.1) is 17.4 Å². The summed E-state index contributed by atoms with van der Waals surface area (Å²) in [6, 6.07) is 17.9. The quantitative estimate of drug-likeness (QED) is 0.224. The zero-order chi connectivity index (χ0) is 28.6. The van der Waals surface area contributed by atoms with Gasteiger partial charge in [0.15, 0.2) is 5.75 Å². The van der Waals surface area contributed by atoms with Gasteiger partial charge in [0.2, 0.25) is 0 Å². The highest BCUT2D eigenvalue weighted by molar-refractivity contribution is 6.30. The van der Waals surface area contributed by atoms with Crippen LogP contribution in [0.2, 0.25) is 5.02 Å². The van der Waals surface area contributed by atoms with E-state index in [9.17, 15) is 4.79 Å². The number of ether oxygens (including phenoxy) is 1. The van der Waals surface area contributed by atoms with Crippen LogP contribution in [0, 0.1) is 5.41 Å². The number of carbonyl (C=O) groups is 1. The van der Waals surface area contributed by atoms with Crippen LogP contribution in [0.1, 0.15) is 55.5 Å². The number of hydrogen-bond acceptors (Lipinski definition) is 5. The predicted molar refractivity (Wildman–Crippen MR) is 166 cm³/mol. The molecule has 1 unspecified atom stereocenters. The second-order valence-corrected chi connectivity index (χ2v) is 12.3. The number of H-pyrrole nitrogens is 1. The number of fused-ring (bicyclic) bond motifs is 1. The molecule has 1 saturated heterocycles. The van der Waals surface area contributed by atoms with Crippen LogP contribution in [0.5, 0.6) is 11.5 Å². The lowest BCUT2D eigenvalue weighted by Crippen LogP contribution is -2.52. The van der Waals surface area contributed by atoms with E-state index in [1.807, 2.05) is 42.6 Å². The molecule has 2 aromatic heterocycles. The Hall–Kier alpha value is -3.81. The monoisotopic (exact) mass is 569 g/mol. The summed E-state index contributed by atoms with van der Waals surface area (Å²) in [5.74, 6) is 0.507. The number of piperazine rings is 1. The maximum absolute atomic E-state index is 12.6. The Morgan fingerprint density at radius 2 is 2.02 bits per heavy atom. The van der Waals surface area contributed by atoms with E-state index in [0.29, 0.717) is 17.1 Å². The number of amides is 1.